The fraction of sp³-hybridized carbons (Fsp3) is 0.619. The van der Waals surface area contributed by atoms with Gasteiger partial charge < -0.3 is 15.1 Å². The van der Waals surface area contributed by atoms with Crippen LogP contribution < -0.4 is 5.32 Å². The molecule has 1 fully saturated rings. The van der Waals surface area contributed by atoms with Gasteiger partial charge in [-0.1, -0.05) is 24.3 Å². The molecule has 0 radical (unpaired) electrons. The van der Waals surface area contributed by atoms with E-state index in [4.69, 9.17) is 0 Å². The highest BCUT2D eigenvalue weighted by Crippen LogP contribution is 2.43. The minimum Gasteiger partial charge on any atom is -0.333 e. The first-order valence-electron chi connectivity index (χ1n) is 9.61. The number of carbonyl (C=O) groups excluding carboxylic acids is 2. The van der Waals surface area contributed by atoms with Crippen LogP contribution in [0.1, 0.15) is 58.0 Å². The van der Waals surface area contributed by atoms with Crippen LogP contribution in [0.3, 0.4) is 0 Å². The number of urea groups is 1. The highest BCUT2D eigenvalue weighted by Gasteiger charge is 2.39. The maximum atomic E-state index is 12.8. The maximum absolute atomic E-state index is 12.8. The summed E-state index contributed by atoms with van der Waals surface area (Å²) < 4.78 is 0. The smallest absolute Gasteiger partial charge is 0.318 e. The molecule has 27 heavy (non-hydrogen) atoms. The summed E-state index contributed by atoms with van der Waals surface area (Å²) in [6.07, 6.45) is 0. The first kappa shape index (κ1) is 21.6. The molecule has 1 aromatic rings. The Morgan fingerprint density at radius 3 is 2.48 bits per heavy atom. The molecule has 2 rings (SSSR count). The van der Waals surface area contributed by atoms with Gasteiger partial charge in [-0.25, -0.2) is 4.79 Å². The second-order valence-corrected chi connectivity index (χ2v) is 9.91. The third-order valence-electron chi connectivity index (χ3n) is 4.65. The Labute approximate surface area is 167 Å². The zero-order valence-corrected chi connectivity index (χ0v) is 18.4. The van der Waals surface area contributed by atoms with E-state index in [-0.39, 0.29) is 34.1 Å². The fourth-order valence-corrected chi connectivity index (χ4v) is 4.61. The van der Waals surface area contributed by atoms with Crippen molar-refractivity contribution in [2.24, 2.45) is 0 Å². The minimum absolute atomic E-state index is 0.00777. The van der Waals surface area contributed by atoms with Gasteiger partial charge in [0.1, 0.15) is 5.37 Å². The van der Waals surface area contributed by atoms with Gasteiger partial charge in [0.25, 0.3) is 0 Å². The number of nitrogens with one attached hydrogen (secondary N) is 1. The molecule has 0 spiro atoms. The highest BCUT2D eigenvalue weighted by atomic mass is 32.2. The lowest BCUT2D eigenvalue weighted by Gasteiger charge is -2.33. The highest BCUT2D eigenvalue weighted by molar-refractivity contribution is 8.01. The number of benzene rings is 1. The fourth-order valence-electron chi connectivity index (χ4n) is 3.21. The molecular weight excluding hydrogens is 358 g/mol. The van der Waals surface area contributed by atoms with E-state index in [1.54, 1.807) is 16.7 Å². The summed E-state index contributed by atoms with van der Waals surface area (Å²) in [5.74, 6) is 0.146. The summed E-state index contributed by atoms with van der Waals surface area (Å²) in [7, 11) is 0. The van der Waals surface area contributed by atoms with Gasteiger partial charge in [0.15, 0.2) is 0 Å². The Balaban J connectivity index is 2.15. The second kappa shape index (κ2) is 8.55. The number of aryl methyl sites for hydroxylation is 1. The molecule has 5 nitrogen and oxygen atoms in total. The standard InChI is InChI=1S/C21H33N3O2S/c1-14(2)23(20(26)22-21(5,6)7)12-13-24-18(25)16(4)27-19(24)17-11-9-8-10-15(17)3/h8-11,14,16,19H,12-13H2,1-7H3,(H,22,26)/t16-,19+/m0/s1. The van der Waals surface area contributed by atoms with Crippen molar-refractivity contribution >= 4 is 23.7 Å². The molecule has 1 aliphatic rings. The Hall–Kier alpha value is -1.69. The van der Waals surface area contributed by atoms with Gasteiger partial charge in [0.05, 0.1) is 5.25 Å². The molecule has 2 atom stereocenters. The Morgan fingerprint density at radius 2 is 1.93 bits per heavy atom. The van der Waals surface area contributed by atoms with E-state index >= 15 is 0 Å². The quantitative estimate of drug-likeness (QED) is 0.819. The Kier molecular flexibility index (Phi) is 6.84. The monoisotopic (exact) mass is 391 g/mol. The minimum atomic E-state index is -0.290. The van der Waals surface area contributed by atoms with Crippen molar-refractivity contribution in [1.29, 1.82) is 0 Å². The molecule has 1 heterocycles. The van der Waals surface area contributed by atoms with Crippen molar-refractivity contribution in [3.05, 3.63) is 35.4 Å². The lowest BCUT2D eigenvalue weighted by Crippen LogP contribution is -2.52. The lowest BCUT2D eigenvalue weighted by atomic mass is 10.1. The van der Waals surface area contributed by atoms with Crippen molar-refractivity contribution < 1.29 is 9.59 Å². The van der Waals surface area contributed by atoms with E-state index in [9.17, 15) is 9.59 Å². The first-order valence-corrected chi connectivity index (χ1v) is 10.6. The van der Waals surface area contributed by atoms with E-state index in [0.29, 0.717) is 13.1 Å². The molecule has 150 valence electrons. The topological polar surface area (TPSA) is 52.7 Å². The van der Waals surface area contributed by atoms with Crippen LogP contribution in [0.15, 0.2) is 24.3 Å². The number of hydrogen-bond donors (Lipinski definition) is 1. The van der Waals surface area contributed by atoms with Gasteiger partial charge in [-0.3, -0.25) is 4.79 Å². The molecule has 1 aromatic carbocycles. The Bertz CT molecular complexity index is 684. The third-order valence-corrected chi connectivity index (χ3v) is 6.03. The molecule has 1 aliphatic heterocycles. The average molecular weight is 392 g/mol. The van der Waals surface area contributed by atoms with Crippen molar-refractivity contribution in [3.8, 4) is 0 Å². The van der Waals surface area contributed by atoms with E-state index in [0.717, 1.165) is 0 Å². The van der Waals surface area contributed by atoms with Crippen LogP contribution in [0.4, 0.5) is 4.79 Å². The van der Waals surface area contributed by atoms with E-state index in [1.807, 2.05) is 58.6 Å². The number of rotatable bonds is 5. The average Bonchev–Trinajstić information content (AvgIpc) is 2.81. The summed E-state index contributed by atoms with van der Waals surface area (Å²) >= 11 is 1.68. The number of amides is 3. The third kappa shape index (κ3) is 5.41. The summed E-state index contributed by atoms with van der Waals surface area (Å²) in [6.45, 7) is 15.0. The van der Waals surface area contributed by atoms with Crippen LogP contribution in [-0.4, -0.2) is 51.7 Å². The zero-order chi connectivity index (χ0) is 20.4. The van der Waals surface area contributed by atoms with E-state index < -0.39 is 0 Å². The van der Waals surface area contributed by atoms with Crippen LogP contribution in [0.25, 0.3) is 0 Å². The molecule has 0 unspecified atom stereocenters. The van der Waals surface area contributed by atoms with Crippen LogP contribution in [-0.2, 0) is 4.79 Å². The molecule has 0 bridgehead atoms. The molecule has 1 saturated heterocycles. The SMILES string of the molecule is Cc1ccccc1[C@H]1S[C@@H](C)C(=O)N1CCN(C(=O)NC(C)(C)C)C(C)C. The second-order valence-electron chi connectivity index (χ2n) is 8.49. The maximum Gasteiger partial charge on any atom is 0.318 e. The van der Waals surface area contributed by atoms with Gasteiger partial charge in [-0.15, -0.1) is 11.8 Å². The van der Waals surface area contributed by atoms with Crippen molar-refractivity contribution in [2.75, 3.05) is 13.1 Å². The molecule has 6 heteroatoms. The molecule has 0 aliphatic carbocycles. The van der Waals surface area contributed by atoms with Gasteiger partial charge in [-0.05, 0) is 59.6 Å². The summed E-state index contributed by atoms with van der Waals surface area (Å²) in [4.78, 5) is 29.2. The summed E-state index contributed by atoms with van der Waals surface area (Å²) in [6, 6.07) is 8.19. The largest absolute Gasteiger partial charge is 0.333 e. The zero-order valence-electron chi connectivity index (χ0n) is 17.6. The van der Waals surface area contributed by atoms with Crippen LogP contribution >= 0.6 is 11.8 Å². The first-order chi connectivity index (χ1) is 12.5. The van der Waals surface area contributed by atoms with Crippen LogP contribution in [0, 0.1) is 6.92 Å². The molecule has 0 aromatic heterocycles. The van der Waals surface area contributed by atoms with Gasteiger partial charge in [0, 0.05) is 24.7 Å². The number of hydrogen-bond acceptors (Lipinski definition) is 3. The predicted octanol–water partition coefficient (Wildman–Crippen LogP) is 4.18. The van der Waals surface area contributed by atoms with Gasteiger partial charge in [-0.2, -0.15) is 0 Å². The molecule has 1 N–H and O–H groups in total. The van der Waals surface area contributed by atoms with Crippen molar-refractivity contribution in [3.63, 3.8) is 0 Å². The van der Waals surface area contributed by atoms with Crippen LogP contribution in [0.2, 0.25) is 0 Å². The number of thioether (sulfide) groups is 1. The lowest BCUT2D eigenvalue weighted by molar-refractivity contribution is -0.130. The van der Waals surface area contributed by atoms with Crippen molar-refractivity contribution in [2.45, 2.75) is 70.7 Å². The Morgan fingerprint density at radius 1 is 1.30 bits per heavy atom. The van der Waals surface area contributed by atoms with Crippen LogP contribution in [0.5, 0.6) is 0 Å². The normalized spacial score (nSPS) is 20.3. The number of nitrogens with zero attached hydrogens (tertiary/aromatic N) is 2. The number of carbonyl (C=O) groups is 2. The molecular formula is C21H33N3O2S. The molecule has 3 amide bonds. The van der Waals surface area contributed by atoms with Gasteiger partial charge >= 0.3 is 6.03 Å². The van der Waals surface area contributed by atoms with Crippen molar-refractivity contribution in [1.82, 2.24) is 15.1 Å². The summed E-state index contributed by atoms with van der Waals surface area (Å²) in [5.41, 5.74) is 2.07. The van der Waals surface area contributed by atoms with Gasteiger partial charge in [0.2, 0.25) is 5.91 Å². The predicted molar refractivity (Wildman–Crippen MR) is 113 cm³/mol. The van der Waals surface area contributed by atoms with E-state index in [2.05, 4.69) is 24.4 Å². The van der Waals surface area contributed by atoms with E-state index in [1.165, 1.54) is 11.1 Å². The summed E-state index contributed by atoms with van der Waals surface area (Å²) in [5, 5.41) is 2.97. The molecule has 0 saturated carbocycles.